The molecule has 7 heteroatoms. The molecule has 1 saturated heterocycles. The van der Waals surface area contributed by atoms with Gasteiger partial charge in [0.15, 0.2) is 0 Å². The number of rotatable bonds is 7. The van der Waals surface area contributed by atoms with Gasteiger partial charge < -0.3 is 15.7 Å². The third-order valence-electron chi connectivity index (χ3n) is 5.91. The molecule has 4 rings (SSSR count). The first-order valence-corrected chi connectivity index (χ1v) is 10.9. The Labute approximate surface area is 187 Å². The number of para-hydroxylation sites is 1. The third-order valence-corrected chi connectivity index (χ3v) is 5.91. The van der Waals surface area contributed by atoms with Crippen molar-refractivity contribution in [3.05, 3.63) is 72.4 Å². The van der Waals surface area contributed by atoms with Gasteiger partial charge in [-0.25, -0.2) is 0 Å². The molecule has 0 saturated carbocycles. The van der Waals surface area contributed by atoms with Crippen molar-refractivity contribution in [2.75, 3.05) is 18.9 Å². The number of nitrogens with zero attached hydrogens (tertiary/aromatic N) is 2. The number of carbonyl (C=O) groups is 2. The van der Waals surface area contributed by atoms with E-state index in [-0.39, 0.29) is 23.9 Å². The predicted octanol–water partition coefficient (Wildman–Crippen LogP) is 2.36. The summed E-state index contributed by atoms with van der Waals surface area (Å²) in [7, 11) is 1.86. The third kappa shape index (κ3) is 5.30. The highest BCUT2D eigenvalue weighted by Gasteiger charge is 2.36. The van der Waals surface area contributed by atoms with Gasteiger partial charge in [-0.3, -0.25) is 19.5 Å². The number of likely N-dealkylation sites (tertiary alicyclic amines) is 1. The van der Waals surface area contributed by atoms with E-state index in [0.717, 1.165) is 16.5 Å². The van der Waals surface area contributed by atoms with Gasteiger partial charge in [-0.05, 0) is 44.0 Å². The maximum atomic E-state index is 12.8. The van der Waals surface area contributed by atoms with Crippen molar-refractivity contribution in [1.29, 1.82) is 0 Å². The Bertz CT molecular complexity index is 1090. The van der Waals surface area contributed by atoms with Gasteiger partial charge in [-0.1, -0.05) is 48.5 Å². The number of amides is 2. The highest BCUT2D eigenvalue weighted by Crippen LogP contribution is 2.20. The van der Waals surface area contributed by atoms with Crippen molar-refractivity contribution in [1.82, 2.24) is 15.2 Å². The molecule has 0 unspecified atom stereocenters. The average Bonchev–Trinajstić information content (AvgIpc) is 3.18. The number of benzene rings is 2. The summed E-state index contributed by atoms with van der Waals surface area (Å²) in [6.07, 6.45) is 2.05. The van der Waals surface area contributed by atoms with Crippen LogP contribution in [0.3, 0.4) is 0 Å². The first-order chi connectivity index (χ1) is 15.5. The van der Waals surface area contributed by atoms with Crippen LogP contribution in [0.4, 0.5) is 5.69 Å². The first kappa shape index (κ1) is 21.9. The summed E-state index contributed by atoms with van der Waals surface area (Å²) in [5.41, 5.74) is 2.60. The van der Waals surface area contributed by atoms with Crippen LogP contribution in [-0.2, 0) is 16.0 Å². The molecule has 1 aromatic heterocycles. The number of aliphatic hydroxyl groups excluding tert-OH is 1. The second kappa shape index (κ2) is 9.89. The van der Waals surface area contributed by atoms with Gasteiger partial charge >= 0.3 is 0 Å². The number of aliphatic hydroxyl groups is 1. The maximum absolute atomic E-state index is 12.8. The molecule has 166 valence electrons. The second-order valence-corrected chi connectivity index (χ2v) is 8.34. The van der Waals surface area contributed by atoms with E-state index in [2.05, 4.69) is 15.6 Å². The average molecular weight is 433 g/mol. The van der Waals surface area contributed by atoms with Gasteiger partial charge in [0.2, 0.25) is 11.8 Å². The number of carbonyl (C=O) groups excluding carboxylic acids is 2. The standard InChI is InChI=1S/C25H28N4O3/c1-29-16-20(28-25(32)23(30)12-11-17-7-3-2-4-8-17)14-22(29)24(31)27-19-13-18-9-5-6-10-21(18)26-15-19/h2-10,13,15,20,22-23,30H,11-12,14,16H2,1H3,(H,27,31)(H,28,32)/t20-,22+,23-/m1/s1. The number of nitrogens with one attached hydrogen (secondary N) is 2. The Kier molecular flexibility index (Phi) is 6.78. The van der Waals surface area contributed by atoms with Crippen molar-refractivity contribution in [3.63, 3.8) is 0 Å². The maximum Gasteiger partial charge on any atom is 0.249 e. The monoisotopic (exact) mass is 432 g/mol. The lowest BCUT2D eigenvalue weighted by Gasteiger charge is -2.18. The topological polar surface area (TPSA) is 94.6 Å². The zero-order valence-electron chi connectivity index (χ0n) is 18.1. The fourth-order valence-corrected chi connectivity index (χ4v) is 4.15. The minimum Gasteiger partial charge on any atom is -0.383 e. The SMILES string of the molecule is CN1C[C@H](NC(=O)[C@H](O)CCc2ccccc2)C[C@H]1C(=O)Nc1cnc2ccccc2c1. The summed E-state index contributed by atoms with van der Waals surface area (Å²) in [5.74, 6) is -0.523. The van der Waals surface area contributed by atoms with Crippen LogP contribution in [0.15, 0.2) is 66.9 Å². The van der Waals surface area contributed by atoms with E-state index in [9.17, 15) is 14.7 Å². The summed E-state index contributed by atoms with van der Waals surface area (Å²) in [4.78, 5) is 31.6. The Morgan fingerprint density at radius 1 is 1.16 bits per heavy atom. The van der Waals surface area contributed by atoms with Gasteiger partial charge in [0, 0.05) is 18.0 Å². The van der Waals surface area contributed by atoms with Crippen LogP contribution in [0.1, 0.15) is 18.4 Å². The molecule has 1 aliphatic heterocycles. The van der Waals surface area contributed by atoms with Gasteiger partial charge in [0.1, 0.15) is 6.10 Å². The number of hydrogen-bond acceptors (Lipinski definition) is 5. The summed E-state index contributed by atoms with van der Waals surface area (Å²) in [5, 5.41) is 17.0. The Morgan fingerprint density at radius 3 is 2.72 bits per heavy atom. The fraction of sp³-hybridized carbons (Fsp3) is 0.320. The van der Waals surface area contributed by atoms with Crippen molar-refractivity contribution < 1.29 is 14.7 Å². The van der Waals surface area contributed by atoms with Crippen molar-refractivity contribution in [2.45, 2.75) is 37.5 Å². The lowest BCUT2D eigenvalue weighted by molar-refractivity contribution is -0.130. The molecular formula is C25H28N4O3. The summed E-state index contributed by atoms with van der Waals surface area (Å²) >= 11 is 0. The molecule has 0 spiro atoms. The smallest absolute Gasteiger partial charge is 0.249 e. The van der Waals surface area contributed by atoms with E-state index in [4.69, 9.17) is 0 Å². The van der Waals surface area contributed by atoms with Gasteiger partial charge in [0.05, 0.1) is 23.4 Å². The van der Waals surface area contributed by atoms with E-state index in [1.165, 1.54) is 0 Å². The second-order valence-electron chi connectivity index (χ2n) is 8.34. The molecule has 2 aromatic carbocycles. The quantitative estimate of drug-likeness (QED) is 0.533. The van der Waals surface area contributed by atoms with Crippen LogP contribution in [0.2, 0.25) is 0 Å². The predicted molar refractivity (Wildman–Crippen MR) is 124 cm³/mol. The van der Waals surface area contributed by atoms with Crippen LogP contribution in [0.5, 0.6) is 0 Å². The van der Waals surface area contributed by atoms with E-state index in [0.29, 0.717) is 31.5 Å². The van der Waals surface area contributed by atoms with E-state index in [1.807, 2.05) is 72.6 Å². The Hall–Kier alpha value is -3.29. The van der Waals surface area contributed by atoms with Crippen LogP contribution < -0.4 is 10.6 Å². The molecule has 3 atom stereocenters. The van der Waals surface area contributed by atoms with Crippen LogP contribution >= 0.6 is 0 Å². The zero-order valence-corrected chi connectivity index (χ0v) is 18.1. The molecule has 0 radical (unpaired) electrons. The molecule has 1 aliphatic rings. The minimum atomic E-state index is -1.07. The summed E-state index contributed by atoms with van der Waals surface area (Å²) < 4.78 is 0. The van der Waals surface area contributed by atoms with Crippen molar-refractivity contribution in [3.8, 4) is 0 Å². The van der Waals surface area contributed by atoms with Crippen LogP contribution in [0, 0.1) is 0 Å². The zero-order chi connectivity index (χ0) is 22.5. The molecule has 2 heterocycles. The highest BCUT2D eigenvalue weighted by molar-refractivity contribution is 5.96. The Morgan fingerprint density at radius 2 is 1.91 bits per heavy atom. The molecule has 7 nitrogen and oxygen atoms in total. The van der Waals surface area contributed by atoms with Crippen molar-refractivity contribution in [2.24, 2.45) is 0 Å². The molecule has 2 amide bonds. The van der Waals surface area contributed by atoms with E-state index >= 15 is 0 Å². The summed E-state index contributed by atoms with van der Waals surface area (Å²) in [6.45, 7) is 0.547. The van der Waals surface area contributed by atoms with Crippen molar-refractivity contribution >= 4 is 28.4 Å². The molecule has 3 aromatic rings. The lowest BCUT2D eigenvalue weighted by Crippen LogP contribution is -2.42. The Balaban J connectivity index is 1.29. The fourth-order valence-electron chi connectivity index (χ4n) is 4.15. The largest absolute Gasteiger partial charge is 0.383 e. The number of aromatic nitrogens is 1. The molecule has 32 heavy (non-hydrogen) atoms. The number of likely N-dealkylation sites (N-methyl/N-ethyl adjacent to an activating group) is 1. The number of anilines is 1. The lowest BCUT2D eigenvalue weighted by atomic mass is 10.1. The molecule has 1 fully saturated rings. The molecule has 0 bridgehead atoms. The van der Waals surface area contributed by atoms with E-state index in [1.54, 1.807) is 6.20 Å². The van der Waals surface area contributed by atoms with Gasteiger partial charge in [-0.15, -0.1) is 0 Å². The number of pyridine rings is 1. The molecular weight excluding hydrogens is 404 g/mol. The molecule has 3 N–H and O–H groups in total. The van der Waals surface area contributed by atoms with Crippen LogP contribution in [0.25, 0.3) is 10.9 Å². The first-order valence-electron chi connectivity index (χ1n) is 10.9. The number of aryl methyl sites for hydroxylation is 1. The number of hydrogen-bond donors (Lipinski definition) is 3. The van der Waals surface area contributed by atoms with Gasteiger partial charge in [0.25, 0.3) is 0 Å². The van der Waals surface area contributed by atoms with E-state index < -0.39 is 6.10 Å². The van der Waals surface area contributed by atoms with Crippen LogP contribution in [-0.4, -0.2) is 58.6 Å². The normalized spacial score (nSPS) is 19.6. The highest BCUT2D eigenvalue weighted by atomic mass is 16.3. The molecule has 0 aliphatic carbocycles. The van der Waals surface area contributed by atoms with Gasteiger partial charge in [-0.2, -0.15) is 0 Å². The summed E-state index contributed by atoms with van der Waals surface area (Å²) in [6, 6.07) is 18.8. The minimum absolute atomic E-state index is 0.133. The number of fused-ring (bicyclic) bond motifs is 1.